The van der Waals surface area contributed by atoms with E-state index in [0.29, 0.717) is 12.3 Å². The van der Waals surface area contributed by atoms with Crippen LogP contribution in [-0.4, -0.2) is 22.5 Å². The van der Waals surface area contributed by atoms with E-state index in [-0.39, 0.29) is 0 Å². The van der Waals surface area contributed by atoms with Crippen LogP contribution in [0.3, 0.4) is 0 Å². The van der Waals surface area contributed by atoms with Crippen molar-refractivity contribution in [1.82, 2.24) is 15.1 Å². The van der Waals surface area contributed by atoms with E-state index in [1.165, 1.54) is 6.21 Å². The van der Waals surface area contributed by atoms with Crippen LogP contribution < -0.4 is 5.32 Å². The normalized spacial score (nSPS) is 11.9. The molecule has 0 aliphatic heterocycles. The molecule has 0 aliphatic rings. The largest absolute Gasteiger partial charge is 0.390 e. The fraction of sp³-hybridized carbons (Fsp3) is 0.500. The Kier molecular flexibility index (Phi) is 5.41. The van der Waals surface area contributed by atoms with Crippen LogP contribution in [0.15, 0.2) is 22.6 Å². The molecule has 0 radical (unpaired) electrons. The molecule has 1 heterocycles. The van der Waals surface area contributed by atoms with Crippen molar-refractivity contribution in [2.24, 2.45) is 13.0 Å². The first-order valence-corrected chi connectivity index (χ1v) is 6.43. The molecule has 2 N–H and O–H groups in total. The van der Waals surface area contributed by atoms with Gasteiger partial charge in [0.1, 0.15) is 4.60 Å². The van der Waals surface area contributed by atoms with Gasteiger partial charge in [-0.1, -0.05) is 13.8 Å². The summed E-state index contributed by atoms with van der Waals surface area (Å²) in [5.74, 6) is 0.600. The number of rotatable bonds is 6. The van der Waals surface area contributed by atoms with Crippen LogP contribution in [0.5, 0.6) is 0 Å². The van der Waals surface area contributed by atoms with Gasteiger partial charge in [-0.3, -0.25) is 4.68 Å². The summed E-state index contributed by atoms with van der Waals surface area (Å²) in [5.41, 5.74) is 2.04. The second-order valence-electron chi connectivity index (χ2n) is 4.46. The second kappa shape index (κ2) is 6.59. The number of halogens is 1. The highest BCUT2D eigenvalue weighted by atomic mass is 79.9. The fourth-order valence-electron chi connectivity index (χ4n) is 1.42. The molecule has 0 aliphatic carbocycles. The van der Waals surface area contributed by atoms with Crippen LogP contribution in [0, 0.1) is 11.3 Å². The second-order valence-corrected chi connectivity index (χ2v) is 5.21. The van der Waals surface area contributed by atoms with Gasteiger partial charge in [0.25, 0.3) is 0 Å². The van der Waals surface area contributed by atoms with Crippen molar-refractivity contribution in [3.63, 3.8) is 0 Å². The first kappa shape index (κ1) is 14.0. The Balaban J connectivity index is 2.63. The fourth-order valence-corrected chi connectivity index (χ4v) is 1.91. The lowest BCUT2D eigenvalue weighted by Crippen LogP contribution is -2.14. The van der Waals surface area contributed by atoms with Crippen molar-refractivity contribution in [3.05, 3.63) is 28.1 Å². The Hall–Kier alpha value is -1.10. The van der Waals surface area contributed by atoms with E-state index in [1.54, 1.807) is 4.68 Å². The molecule has 0 atom stereocenters. The predicted molar refractivity (Wildman–Crippen MR) is 74.3 cm³/mol. The monoisotopic (exact) mass is 298 g/mol. The summed E-state index contributed by atoms with van der Waals surface area (Å²) in [7, 11) is 1.89. The highest BCUT2D eigenvalue weighted by Gasteiger charge is 2.06. The van der Waals surface area contributed by atoms with Gasteiger partial charge in [-0.25, -0.2) is 0 Å². The molecular weight excluding hydrogens is 280 g/mol. The van der Waals surface area contributed by atoms with Crippen molar-refractivity contribution >= 4 is 22.1 Å². The highest BCUT2D eigenvalue weighted by Crippen LogP contribution is 2.16. The van der Waals surface area contributed by atoms with Gasteiger partial charge >= 0.3 is 0 Å². The molecule has 0 unspecified atom stereocenters. The molecule has 0 saturated heterocycles. The first-order chi connectivity index (χ1) is 8.02. The van der Waals surface area contributed by atoms with Gasteiger partial charge in [0, 0.05) is 44.2 Å². The van der Waals surface area contributed by atoms with Gasteiger partial charge in [-0.05, 0) is 27.4 Å². The Bertz CT molecular complexity index is 407. The van der Waals surface area contributed by atoms with Gasteiger partial charge in [0.15, 0.2) is 0 Å². The van der Waals surface area contributed by atoms with Crippen molar-refractivity contribution < 1.29 is 0 Å². The van der Waals surface area contributed by atoms with E-state index in [0.717, 1.165) is 22.3 Å². The van der Waals surface area contributed by atoms with E-state index >= 15 is 0 Å². The number of nitrogens with one attached hydrogen (secondary N) is 2. The standard InChI is InChI=1S/C12H19BrN4/c1-9(2)6-15-7-10(5-14)4-11-8-17(3)16-12(11)13/h5,7-9,14-15H,4,6H2,1-3H3/b10-7-,14-5?. The number of aromatic nitrogens is 2. The Morgan fingerprint density at radius 1 is 1.65 bits per heavy atom. The Labute approximate surface area is 111 Å². The maximum absolute atomic E-state index is 7.40. The van der Waals surface area contributed by atoms with E-state index < -0.39 is 0 Å². The summed E-state index contributed by atoms with van der Waals surface area (Å²) in [4.78, 5) is 0. The summed E-state index contributed by atoms with van der Waals surface area (Å²) >= 11 is 3.41. The molecule has 1 aromatic rings. The SMILES string of the molecule is CC(C)CN/C=C(\C=N)Cc1cn(C)nc1Br. The minimum atomic E-state index is 0.600. The highest BCUT2D eigenvalue weighted by molar-refractivity contribution is 9.10. The van der Waals surface area contributed by atoms with Crippen LogP contribution in [0.1, 0.15) is 19.4 Å². The third kappa shape index (κ3) is 4.73. The average molecular weight is 299 g/mol. The molecule has 17 heavy (non-hydrogen) atoms. The van der Waals surface area contributed by atoms with Crippen LogP contribution in [-0.2, 0) is 13.5 Å². The smallest absolute Gasteiger partial charge is 0.131 e. The van der Waals surface area contributed by atoms with Gasteiger partial charge in [-0.15, -0.1) is 0 Å². The zero-order valence-electron chi connectivity index (χ0n) is 10.5. The van der Waals surface area contributed by atoms with Crippen LogP contribution in [0.4, 0.5) is 0 Å². The van der Waals surface area contributed by atoms with E-state index in [4.69, 9.17) is 5.41 Å². The maximum atomic E-state index is 7.40. The van der Waals surface area contributed by atoms with Crippen LogP contribution in [0.25, 0.3) is 0 Å². The zero-order valence-corrected chi connectivity index (χ0v) is 12.1. The molecule has 1 rings (SSSR count). The molecule has 0 saturated carbocycles. The van der Waals surface area contributed by atoms with E-state index in [2.05, 4.69) is 40.2 Å². The van der Waals surface area contributed by atoms with Gasteiger partial charge in [-0.2, -0.15) is 5.10 Å². The summed E-state index contributed by atoms with van der Waals surface area (Å²) < 4.78 is 2.61. The minimum Gasteiger partial charge on any atom is -0.390 e. The van der Waals surface area contributed by atoms with Gasteiger partial charge in [0.05, 0.1) is 0 Å². The van der Waals surface area contributed by atoms with Crippen molar-refractivity contribution in [2.45, 2.75) is 20.3 Å². The first-order valence-electron chi connectivity index (χ1n) is 5.63. The van der Waals surface area contributed by atoms with Crippen molar-refractivity contribution in [1.29, 1.82) is 5.41 Å². The molecule has 0 aromatic carbocycles. The number of allylic oxidation sites excluding steroid dienone is 1. The van der Waals surface area contributed by atoms with Gasteiger partial charge < -0.3 is 10.7 Å². The van der Waals surface area contributed by atoms with Crippen molar-refractivity contribution in [2.75, 3.05) is 6.54 Å². The lowest BCUT2D eigenvalue weighted by Gasteiger charge is -2.05. The molecule has 1 aromatic heterocycles. The summed E-state index contributed by atoms with van der Waals surface area (Å²) in [5, 5.41) is 14.8. The zero-order chi connectivity index (χ0) is 12.8. The third-order valence-corrected chi connectivity index (χ3v) is 2.91. The molecule has 5 heteroatoms. The summed E-state index contributed by atoms with van der Waals surface area (Å²) in [6.45, 7) is 5.23. The number of nitrogens with zero attached hydrogens (tertiary/aromatic N) is 2. The topological polar surface area (TPSA) is 53.7 Å². The molecule has 0 amide bonds. The molecule has 0 fully saturated rings. The van der Waals surface area contributed by atoms with E-state index in [9.17, 15) is 0 Å². The molecular formula is C12H19BrN4. The third-order valence-electron chi connectivity index (χ3n) is 2.25. The Morgan fingerprint density at radius 2 is 2.35 bits per heavy atom. The molecule has 0 spiro atoms. The van der Waals surface area contributed by atoms with Gasteiger partial charge in [0.2, 0.25) is 0 Å². The number of hydrogen-bond acceptors (Lipinski definition) is 3. The van der Waals surface area contributed by atoms with E-state index in [1.807, 2.05) is 19.4 Å². The number of aryl methyl sites for hydroxylation is 1. The lowest BCUT2D eigenvalue weighted by atomic mass is 10.1. The molecule has 0 bridgehead atoms. The number of hydrogen-bond donors (Lipinski definition) is 2. The van der Waals surface area contributed by atoms with Crippen LogP contribution >= 0.6 is 15.9 Å². The average Bonchev–Trinajstić information content (AvgIpc) is 2.55. The lowest BCUT2D eigenvalue weighted by molar-refractivity contribution is 0.610. The molecule has 94 valence electrons. The predicted octanol–water partition coefficient (Wildman–Crippen LogP) is 2.50. The van der Waals surface area contributed by atoms with Crippen LogP contribution in [0.2, 0.25) is 0 Å². The van der Waals surface area contributed by atoms with Crippen molar-refractivity contribution in [3.8, 4) is 0 Å². The quantitative estimate of drug-likeness (QED) is 0.793. The molecule has 4 nitrogen and oxygen atoms in total. The minimum absolute atomic E-state index is 0.600. The summed E-state index contributed by atoms with van der Waals surface area (Å²) in [6.07, 6.45) is 5.96. The summed E-state index contributed by atoms with van der Waals surface area (Å²) in [6, 6.07) is 0. The maximum Gasteiger partial charge on any atom is 0.131 e. The Morgan fingerprint density at radius 3 is 2.82 bits per heavy atom.